The van der Waals surface area contributed by atoms with Gasteiger partial charge in [0.15, 0.2) is 0 Å². The molecule has 20 heavy (non-hydrogen) atoms. The summed E-state index contributed by atoms with van der Waals surface area (Å²) in [6.07, 6.45) is 9.68. The molecule has 1 aliphatic heterocycles. The topological polar surface area (TPSA) is 35.2 Å². The van der Waals surface area contributed by atoms with Gasteiger partial charge < -0.3 is 10.5 Å². The molecule has 110 valence electrons. The third-order valence-electron chi connectivity index (χ3n) is 5.02. The van der Waals surface area contributed by atoms with Crippen LogP contribution in [0.4, 0.5) is 4.39 Å². The second-order valence-electron chi connectivity index (χ2n) is 6.52. The predicted molar refractivity (Wildman–Crippen MR) is 78.3 cm³/mol. The zero-order chi connectivity index (χ0) is 14.0. The molecule has 0 spiro atoms. The molecular formula is C17H24FNO. The summed E-state index contributed by atoms with van der Waals surface area (Å²) in [5.74, 6) is 0.688. The first-order valence-electron chi connectivity index (χ1n) is 7.86. The lowest BCUT2D eigenvalue weighted by molar-refractivity contribution is 0.124. The van der Waals surface area contributed by atoms with Gasteiger partial charge in [-0.25, -0.2) is 4.39 Å². The minimum Gasteiger partial charge on any atom is -0.490 e. The second kappa shape index (κ2) is 5.72. The van der Waals surface area contributed by atoms with Gasteiger partial charge in [-0.3, -0.25) is 0 Å². The molecule has 3 rings (SSSR count). The first kappa shape index (κ1) is 13.9. The maximum atomic E-state index is 13.3. The molecule has 3 heteroatoms. The number of benzene rings is 1. The van der Waals surface area contributed by atoms with Crippen LogP contribution in [0.5, 0.6) is 5.75 Å². The monoisotopic (exact) mass is 277 g/mol. The Labute approximate surface area is 120 Å². The number of halogens is 1. The molecule has 1 aromatic carbocycles. The van der Waals surface area contributed by atoms with E-state index in [2.05, 4.69) is 0 Å². The molecule has 1 unspecified atom stereocenters. The van der Waals surface area contributed by atoms with E-state index in [-0.39, 0.29) is 17.3 Å². The molecule has 1 aliphatic carbocycles. The van der Waals surface area contributed by atoms with Gasteiger partial charge >= 0.3 is 0 Å². The standard InChI is InChI=1S/C17H24FNO/c18-14-5-6-16-13(9-14)10-15(20-16)11-17(12-19)7-3-1-2-4-8-17/h5-6,9,15H,1-4,7-8,10-12,19H2. The van der Waals surface area contributed by atoms with Crippen molar-refractivity contribution in [2.45, 2.75) is 57.5 Å². The number of hydrogen-bond acceptors (Lipinski definition) is 2. The lowest BCUT2D eigenvalue weighted by atomic mass is 9.75. The first-order chi connectivity index (χ1) is 9.71. The van der Waals surface area contributed by atoms with E-state index < -0.39 is 0 Å². The van der Waals surface area contributed by atoms with Gasteiger partial charge in [-0.2, -0.15) is 0 Å². The Kier molecular flexibility index (Phi) is 3.97. The van der Waals surface area contributed by atoms with Crippen molar-refractivity contribution in [3.8, 4) is 5.75 Å². The van der Waals surface area contributed by atoms with Crippen LogP contribution in [0.1, 0.15) is 50.5 Å². The summed E-state index contributed by atoms with van der Waals surface area (Å²) in [5.41, 5.74) is 7.35. The summed E-state index contributed by atoms with van der Waals surface area (Å²) in [6.45, 7) is 0.748. The second-order valence-corrected chi connectivity index (χ2v) is 6.52. The third-order valence-corrected chi connectivity index (χ3v) is 5.02. The van der Waals surface area contributed by atoms with Gasteiger partial charge in [-0.15, -0.1) is 0 Å². The summed E-state index contributed by atoms with van der Waals surface area (Å²) >= 11 is 0. The molecule has 2 N–H and O–H groups in total. The first-order valence-corrected chi connectivity index (χ1v) is 7.86. The summed E-state index contributed by atoms with van der Waals surface area (Å²) < 4.78 is 19.3. The van der Waals surface area contributed by atoms with E-state index in [0.29, 0.717) is 0 Å². The van der Waals surface area contributed by atoms with Crippen LogP contribution >= 0.6 is 0 Å². The summed E-state index contributed by atoms with van der Waals surface area (Å²) in [7, 11) is 0. The molecule has 1 aromatic rings. The van der Waals surface area contributed by atoms with E-state index >= 15 is 0 Å². The Balaban J connectivity index is 1.69. The van der Waals surface area contributed by atoms with E-state index in [9.17, 15) is 4.39 Å². The number of hydrogen-bond donors (Lipinski definition) is 1. The van der Waals surface area contributed by atoms with E-state index in [0.717, 1.165) is 30.7 Å². The molecule has 1 heterocycles. The molecule has 1 saturated carbocycles. The lowest BCUT2D eigenvalue weighted by Gasteiger charge is -2.33. The van der Waals surface area contributed by atoms with Crippen molar-refractivity contribution in [2.75, 3.05) is 6.54 Å². The largest absolute Gasteiger partial charge is 0.490 e. The smallest absolute Gasteiger partial charge is 0.123 e. The molecule has 0 amide bonds. The average Bonchev–Trinajstić information content (AvgIpc) is 2.67. The number of rotatable bonds is 3. The fourth-order valence-corrected chi connectivity index (χ4v) is 3.86. The van der Waals surface area contributed by atoms with Crippen molar-refractivity contribution in [3.05, 3.63) is 29.6 Å². The van der Waals surface area contributed by atoms with Crippen molar-refractivity contribution in [1.29, 1.82) is 0 Å². The highest BCUT2D eigenvalue weighted by Gasteiger charge is 2.35. The van der Waals surface area contributed by atoms with Gasteiger partial charge in [0.25, 0.3) is 0 Å². The van der Waals surface area contributed by atoms with Crippen LogP contribution in [-0.2, 0) is 6.42 Å². The average molecular weight is 277 g/mol. The molecule has 0 bridgehead atoms. The fourth-order valence-electron chi connectivity index (χ4n) is 3.86. The van der Waals surface area contributed by atoms with E-state index in [1.807, 2.05) is 0 Å². The predicted octanol–water partition coefficient (Wildman–Crippen LogP) is 3.82. The zero-order valence-electron chi connectivity index (χ0n) is 12.0. The lowest BCUT2D eigenvalue weighted by Crippen LogP contribution is -2.35. The minimum absolute atomic E-state index is 0.170. The van der Waals surface area contributed by atoms with Gasteiger partial charge in [-0.1, -0.05) is 25.7 Å². The summed E-state index contributed by atoms with van der Waals surface area (Å²) in [6, 6.07) is 4.84. The van der Waals surface area contributed by atoms with E-state index in [4.69, 9.17) is 10.5 Å². The maximum Gasteiger partial charge on any atom is 0.123 e. The van der Waals surface area contributed by atoms with Crippen LogP contribution in [0.2, 0.25) is 0 Å². The number of fused-ring (bicyclic) bond motifs is 1. The molecule has 1 atom stereocenters. The van der Waals surface area contributed by atoms with Gasteiger partial charge in [0.2, 0.25) is 0 Å². The Morgan fingerprint density at radius 3 is 2.65 bits per heavy atom. The van der Waals surface area contributed by atoms with Gasteiger partial charge in [0.05, 0.1) is 0 Å². The summed E-state index contributed by atoms with van der Waals surface area (Å²) in [5, 5.41) is 0. The molecular weight excluding hydrogens is 253 g/mol. The normalized spacial score (nSPS) is 24.8. The van der Waals surface area contributed by atoms with Crippen LogP contribution in [0.3, 0.4) is 0 Å². The van der Waals surface area contributed by atoms with Crippen molar-refractivity contribution >= 4 is 0 Å². The van der Waals surface area contributed by atoms with Gasteiger partial charge in [0, 0.05) is 12.0 Å². The zero-order valence-corrected chi connectivity index (χ0v) is 12.0. The third kappa shape index (κ3) is 2.83. The van der Waals surface area contributed by atoms with Crippen molar-refractivity contribution in [2.24, 2.45) is 11.1 Å². The van der Waals surface area contributed by atoms with Crippen LogP contribution < -0.4 is 10.5 Å². The van der Waals surface area contributed by atoms with Crippen LogP contribution in [0, 0.1) is 11.2 Å². The molecule has 2 nitrogen and oxygen atoms in total. The molecule has 0 radical (unpaired) electrons. The maximum absolute atomic E-state index is 13.3. The van der Waals surface area contributed by atoms with Gasteiger partial charge in [-0.05, 0) is 49.4 Å². The Bertz CT molecular complexity index is 466. The minimum atomic E-state index is -0.170. The highest BCUT2D eigenvalue weighted by Crippen LogP contribution is 2.41. The van der Waals surface area contributed by atoms with Crippen molar-refractivity contribution in [1.82, 2.24) is 0 Å². The van der Waals surface area contributed by atoms with E-state index in [1.165, 1.54) is 44.6 Å². The van der Waals surface area contributed by atoms with E-state index in [1.54, 1.807) is 12.1 Å². The quantitative estimate of drug-likeness (QED) is 0.852. The fraction of sp³-hybridized carbons (Fsp3) is 0.647. The summed E-state index contributed by atoms with van der Waals surface area (Å²) in [4.78, 5) is 0. The van der Waals surface area contributed by atoms with Crippen LogP contribution in [0.25, 0.3) is 0 Å². The Hall–Kier alpha value is -1.09. The van der Waals surface area contributed by atoms with Gasteiger partial charge in [0.1, 0.15) is 17.7 Å². The Morgan fingerprint density at radius 1 is 1.20 bits per heavy atom. The van der Waals surface area contributed by atoms with Crippen LogP contribution in [-0.4, -0.2) is 12.6 Å². The molecule has 0 aromatic heterocycles. The number of ether oxygens (including phenoxy) is 1. The SMILES string of the molecule is NCC1(CC2Cc3cc(F)ccc3O2)CCCCCC1. The molecule has 2 aliphatic rings. The Morgan fingerprint density at radius 2 is 1.95 bits per heavy atom. The van der Waals surface area contributed by atoms with Crippen molar-refractivity contribution in [3.63, 3.8) is 0 Å². The van der Waals surface area contributed by atoms with Crippen LogP contribution in [0.15, 0.2) is 18.2 Å². The highest BCUT2D eigenvalue weighted by molar-refractivity contribution is 5.37. The number of nitrogens with two attached hydrogens (primary N) is 1. The molecule has 0 saturated heterocycles. The van der Waals surface area contributed by atoms with Crippen molar-refractivity contribution < 1.29 is 9.13 Å². The highest BCUT2D eigenvalue weighted by atomic mass is 19.1. The molecule has 1 fully saturated rings.